The number of aliphatic carboxylic acids is 1. The molecular formula is C28H29ClO12S3. The van der Waals surface area contributed by atoms with Crippen LogP contribution in [0.2, 0.25) is 0 Å². The van der Waals surface area contributed by atoms with Crippen LogP contribution < -0.4 is 9.47 Å². The van der Waals surface area contributed by atoms with Gasteiger partial charge in [0.25, 0.3) is 9.05 Å². The fraction of sp³-hybridized carbons (Fsp3) is 0.286. The third-order valence-electron chi connectivity index (χ3n) is 6.11. The van der Waals surface area contributed by atoms with Gasteiger partial charge in [0.1, 0.15) is 6.61 Å². The van der Waals surface area contributed by atoms with E-state index in [2.05, 4.69) is 0 Å². The summed E-state index contributed by atoms with van der Waals surface area (Å²) in [4.78, 5) is 23.8. The van der Waals surface area contributed by atoms with Crippen molar-refractivity contribution in [3.8, 4) is 11.5 Å². The molecule has 0 radical (unpaired) electrons. The van der Waals surface area contributed by atoms with E-state index in [-0.39, 0.29) is 15.5 Å². The highest BCUT2D eigenvalue weighted by atomic mass is 35.7. The molecule has 1 atom stereocenters. The Hall–Kier alpha value is -3.66. The number of carbonyl (C=O) groups excluding carboxylic acids is 1. The Morgan fingerprint density at radius 2 is 1.25 bits per heavy atom. The van der Waals surface area contributed by atoms with Crippen molar-refractivity contribution in [2.75, 3.05) is 24.7 Å². The fourth-order valence-corrected chi connectivity index (χ4v) is 6.84. The average molecular weight is 689 g/mol. The molecular weight excluding hydrogens is 660 g/mol. The number of ether oxygens (including phenoxy) is 3. The molecule has 44 heavy (non-hydrogen) atoms. The molecule has 0 saturated heterocycles. The Balaban J connectivity index is 1.70. The van der Waals surface area contributed by atoms with Gasteiger partial charge in [-0.25, -0.2) is 34.8 Å². The molecule has 3 aromatic carbocycles. The minimum atomic E-state index is -4.29. The zero-order chi connectivity index (χ0) is 32.7. The van der Waals surface area contributed by atoms with Crippen molar-refractivity contribution < 1.29 is 54.2 Å². The summed E-state index contributed by atoms with van der Waals surface area (Å²) < 4.78 is 89.8. The first-order valence-corrected chi connectivity index (χ1v) is 18.4. The van der Waals surface area contributed by atoms with Crippen LogP contribution in [0, 0.1) is 13.8 Å². The van der Waals surface area contributed by atoms with E-state index in [0.29, 0.717) is 0 Å². The predicted molar refractivity (Wildman–Crippen MR) is 159 cm³/mol. The summed E-state index contributed by atoms with van der Waals surface area (Å²) in [6.45, 7) is 2.23. The molecule has 0 aromatic heterocycles. The molecule has 0 aliphatic carbocycles. The van der Waals surface area contributed by atoms with Gasteiger partial charge in [-0.1, -0.05) is 35.4 Å². The van der Waals surface area contributed by atoms with E-state index in [1.807, 2.05) is 0 Å². The number of carboxylic acids is 1. The number of esters is 1. The molecule has 0 heterocycles. The van der Waals surface area contributed by atoms with Crippen molar-refractivity contribution in [2.45, 2.75) is 41.1 Å². The largest absolute Gasteiger partial charge is 0.479 e. The number of aryl methyl sites for hydroxylation is 2. The highest BCUT2D eigenvalue weighted by Crippen LogP contribution is 2.33. The lowest BCUT2D eigenvalue weighted by atomic mass is 10.2. The van der Waals surface area contributed by atoms with E-state index in [4.69, 9.17) is 24.9 Å². The number of hydrogen-bond donors (Lipinski definition) is 1. The quantitative estimate of drug-likeness (QED) is 0.182. The first-order valence-electron chi connectivity index (χ1n) is 12.8. The summed E-state index contributed by atoms with van der Waals surface area (Å²) in [6, 6.07) is 15.0. The Bertz CT molecular complexity index is 1820. The molecule has 16 heteroatoms. The molecule has 3 rings (SSSR count). The van der Waals surface area contributed by atoms with Crippen molar-refractivity contribution >= 4 is 51.3 Å². The average Bonchev–Trinajstić information content (AvgIpc) is 2.94. The molecule has 0 aliphatic rings. The smallest absolute Gasteiger partial charge is 0.344 e. The topological polar surface area (TPSA) is 184 Å². The Morgan fingerprint density at radius 3 is 1.75 bits per heavy atom. The van der Waals surface area contributed by atoms with Gasteiger partial charge in [0, 0.05) is 23.2 Å². The van der Waals surface area contributed by atoms with Gasteiger partial charge in [0.2, 0.25) is 0 Å². The summed E-state index contributed by atoms with van der Waals surface area (Å²) in [6.07, 6.45) is -2.20. The van der Waals surface area contributed by atoms with E-state index in [1.165, 1.54) is 24.3 Å². The zero-order valence-electron chi connectivity index (χ0n) is 23.5. The number of hydrogen-bond acceptors (Lipinski definition) is 11. The van der Waals surface area contributed by atoms with E-state index < -0.39 is 88.6 Å². The van der Waals surface area contributed by atoms with Crippen LogP contribution in [-0.4, -0.2) is 73.1 Å². The van der Waals surface area contributed by atoms with Crippen LogP contribution in [0.25, 0.3) is 0 Å². The van der Waals surface area contributed by atoms with Crippen molar-refractivity contribution in [1.29, 1.82) is 0 Å². The summed E-state index contributed by atoms with van der Waals surface area (Å²) in [7, 11) is -6.50. The summed E-state index contributed by atoms with van der Waals surface area (Å²) in [5.74, 6) is -4.38. The lowest BCUT2D eigenvalue weighted by Gasteiger charge is -2.18. The van der Waals surface area contributed by atoms with Gasteiger partial charge >= 0.3 is 11.9 Å². The Kier molecular flexibility index (Phi) is 11.4. The fourth-order valence-electron chi connectivity index (χ4n) is 3.67. The van der Waals surface area contributed by atoms with Gasteiger partial charge in [-0.05, 0) is 50.2 Å². The molecule has 0 bridgehead atoms. The number of benzene rings is 3. The first-order chi connectivity index (χ1) is 20.5. The standard InChI is InChI=1S/C28H29ClO12S3/c1-19-3-7-21(8-4-19)42(33,34)15-13-25(28(31)32)41-24-12-11-23(44(29,37)38)17-26(24)40-18-27(30)39-14-16-43(35,36)22-9-5-20(2)6-10-22/h3-12,17,25H,13-16,18H2,1-2H3,(H,31,32). The maximum atomic E-state index is 12.7. The predicted octanol–water partition coefficient (Wildman–Crippen LogP) is 3.32. The maximum absolute atomic E-state index is 12.7. The molecule has 1 unspecified atom stereocenters. The minimum Gasteiger partial charge on any atom is -0.479 e. The minimum absolute atomic E-state index is 0.00175. The van der Waals surface area contributed by atoms with E-state index in [9.17, 15) is 39.9 Å². The van der Waals surface area contributed by atoms with E-state index in [0.717, 1.165) is 29.3 Å². The maximum Gasteiger partial charge on any atom is 0.344 e. The van der Waals surface area contributed by atoms with Crippen LogP contribution in [0.5, 0.6) is 11.5 Å². The van der Waals surface area contributed by atoms with Gasteiger partial charge in [0.05, 0.1) is 26.2 Å². The molecule has 3 aromatic rings. The van der Waals surface area contributed by atoms with Gasteiger partial charge in [-0.15, -0.1) is 0 Å². The third kappa shape index (κ3) is 9.94. The van der Waals surface area contributed by atoms with Crippen LogP contribution in [0.4, 0.5) is 0 Å². The normalized spacial score (nSPS) is 12.7. The van der Waals surface area contributed by atoms with Crippen molar-refractivity contribution in [2.24, 2.45) is 0 Å². The highest BCUT2D eigenvalue weighted by molar-refractivity contribution is 8.13. The van der Waals surface area contributed by atoms with Crippen LogP contribution in [0.15, 0.2) is 81.4 Å². The molecule has 0 fully saturated rings. The monoisotopic (exact) mass is 688 g/mol. The molecule has 1 N–H and O–H groups in total. The molecule has 0 spiro atoms. The van der Waals surface area contributed by atoms with Crippen LogP contribution in [0.3, 0.4) is 0 Å². The van der Waals surface area contributed by atoms with Crippen LogP contribution >= 0.6 is 10.7 Å². The second kappa shape index (κ2) is 14.4. The lowest BCUT2D eigenvalue weighted by molar-refractivity contribution is -0.146. The highest BCUT2D eigenvalue weighted by Gasteiger charge is 2.26. The van der Waals surface area contributed by atoms with Gasteiger partial charge in [-0.2, -0.15) is 0 Å². The number of rotatable bonds is 15. The Morgan fingerprint density at radius 1 is 0.750 bits per heavy atom. The van der Waals surface area contributed by atoms with Crippen molar-refractivity contribution in [3.05, 3.63) is 77.9 Å². The van der Waals surface area contributed by atoms with E-state index in [1.54, 1.807) is 38.1 Å². The lowest BCUT2D eigenvalue weighted by Crippen LogP contribution is -2.30. The molecule has 0 saturated carbocycles. The number of halogens is 1. The molecule has 238 valence electrons. The number of carbonyl (C=O) groups is 2. The molecule has 12 nitrogen and oxygen atoms in total. The SMILES string of the molecule is Cc1ccc(S(=O)(=O)CCOC(=O)COc2cc(S(=O)(=O)Cl)ccc2OC(CCS(=O)(=O)c2ccc(C)cc2)C(=O)O)cc1. The summed E-state index contributed by atoms with van der Waals surface area (Å²) in [5.41, 5.74) is 1.70. The van der Waals surface area contributed by atoms with Crippen LogP contribution in [0.1, 0.15) is 17.5 Å². The molecule has 0 amide bonds. The summed E-state index contributed by atoms with van der Waals surface area (Å²) in [5, 5.41) is 9.69. The number of carboxylic acid groups (broad SMARTS) is 1. The van der Waals surface area contributed by atoms with Gasteiger partial charge in [-0.3, -0.25) is 0 Å². The Labute approximate surface area is 259 Å². The van der Waals surface area contributed by atoms with Gasteiger partial charge in [0.15, 0.2) is 43.9 Å². The zero-order valence-corrected chi connectivity index (χ0v) is 26.7. The second-order valence-corrected chi connectivity index (χ2v) is 16.3. The van der Waals surface area contributed by atoms with E-state index >= 15 is 0 Å². The van der Waals surface area contributed by atoms with Gasteiger partial charge < -0.3 is 19.3 Å². The first kappa shape index (κ1) is 34.8. The summed E-state index contributed by atoms with van der Waals surface area (Å²) >= 11 is 0. The van der Waals surface area contributed by atoms with Crippen molar-refractivity contribution in [3.63, 3.8) is 0 Å². The second-order valence-electron chi connectivity index (χ2n) is 9.55. The van der Waals surface area contributed by atoms with Crippen LogP contribution in [-0.2, 0) is 43.1 Å². The van der Waals surface area contributed by atoms with Crippen molar-refractivity contribution in [1.82, 2.24) is 0 Å². The number of sulfone groups is 2. The molecule has 0 aliphatic heterocycles. The third-order valence-corrected chi connectivity index (χ3v) is 10.9.